The standard InChI is InChI=1S/C19H30O3/c1-13(2)15-10-14(19(6,7)12-18(3,4)5)8-9-16(15)22-11-17(20)21/h8-10,13H,11-12H2,1-7H3,(H,20,21). The third kappa shape index (κ3) is 5.36. The monoisotopic (exact) mass is 306 g/mol. The number of ether oxygens (including phenoxy) is 1. The first-order valence-corrected chi connectivity index (χ1v) is 7.91. The average Bonchev–Trinajstić information content (AvgIpc) is 2.32. The third-order valence-electron chi connectivity index (χ3n) is 3.74. The smallest absolute Gasteiger partial charge is 0.341 e. The first-order valence-electron chi connectivity index (χ1n) is 7.91. The molecule has 3 heteroatoms. The second kappa shape index (κ2) is 6.72. The van der Waals surface area contributed by atoms with Crippen LogP contribution >= 0.6 is 0 Å². The lowest BCUT2D eigenvalue weighted by Crippen LogP contribution is -2.25. The number of hydrogen-bond acceptors (Lipinski definition) is 2. The highest BCUT2D eigenvalue weighted by Gasteiger charge is 2.28. The second-order valence-electron chi connectivity index (χ2n) is 8.21. The second-order valence-corrected chi connectivity index (χ2v) is 8.21. The van der Waals surface area contributed by atoms with Crippen LogP contribution in [0.15, 0.2) is 18.2 Å². The minimum absolute atomic E-state index is 0.0627. The molecular formula is C19H30O3. The number of carboxylic acid groups (broad SMARTS) is 1. The zero-order valence-corrected chi connectivity index (χ0v) is 15.0. The van der Waals surface area contributed by atoms with E-state index in [-0.39, 0.29) is 23.4 Å². The molecular weight excluding hydrogens is 276 g/mol. The van der Waals surface area contributed by atoms with Crippen LogP contribution in [0.1, 0.15) is 71.9 Å². The van der Waals surface area contributed by atoms with Gasteiger partial charge >= 0.3 is 5.97 Å². The van der Waals surface area contributed by atoms with Gasteiger partial charge in [-0.05, 0) is 40.4 Å². The van der Waals surface area contributed by atoms with Crippen molar-refractivity contribution in [3.8, 4) is 5.75 Å². The molecule has 1 aromatic carbocycles. The molecule has 1 N–H and O–H groups in total. The minimum atomic E-state index is -0.952. The van der Waals surface area contributed by atoms with E-state index in [2.05, 4.69) is 60.6 Å². The fourth-order valence-electron chi connectivity index (χ4n) is 3.12. The maximum Gasteiger partial charge on any atom is 0.341 e. The molecule has 0 bridgehead atoms. The maximum absolute atomic E-state index is 10.7. The van der Waals surface area contributed by atoms with Crippen molar-refractivity contribution in [2.45, 2.75) is 66.2 Å². The van der Waals surface area contributed by atoms with Crippen LogP contribution in [-0.4, -0.2) is 17.7 Å². The molecule has 0 spiro atoms. The van der Waals surface area contributed by atoms with Crippen LogP contribution in [0.3, 0.4) is 0 Å². The summed E-state index contributed by atoms with van der Waals surface area (Å²) in [6, 6.07) is 6.15. The Bertz CT molecular complexity index is 522. The lowest BCUT2D eigenvalue weighted by atomic mass is 9.72. The highest BCUT2D eigenvalue weighted by atomic mass is 16.5. The fraction of sp³-hybridized carbons (Fsp3) is 0.632. The molecule has 124 valence electrons. The molecule has 0 fully saturated rings. The average molecular weight is 306 g/mol. The molecule has 0 unspecified atom stereocenters. The van der Waals surface area contributed by atoms with E-state index in [1.807, 2.05) is 6.07 Å². The van der Waals surface area contributed by atoms with E-state index in [1.165, 1.54) is 5.56 Å². The van der Waals surface area contributed by atoms with Gasteiger partial charge < -0.3 is 9.84 Å². The van der Waals surface area contributed by atoms with Gasteiger partial charge in [0.25, 0.3) is 0 Å². The van der Waals surface area contributed by atoms with Crippen molar-refractivity contribution in [2.75, 3.05) is 6.61 Å². The van der Waals surface area contributed by atoms with Crippen molar-refractivity contribution in [3.63, 3.8) is 0 Å². The topological polar surface area (TPSA) is 46.5 Å². The van der Waals surface area contributed by atoms with E-state index in [0.29, 0.717) is 5.75 Å². The number of carboxylic acids is 1. The van der Waals surface area contributed by atoms with E-state index < -0.39 is 5.97 Å². The highest BCUT2D eigenvalue weighted by molar-refractivity contribution is 5.68. The van der Waals surface area contributed by atoms with Gasteiger partial charge in [0.15, 0.2) is 6.61 Å². The molecule has 0 aliphatic carbocycles. The first kappa shape index (κ1) is 18.5. The van der Waals surface area contributed by atoms with Gasteiger partial charge in [0, 0.05) is 0 Å². The number of hydrogen-bond donors (Lipinski definition) is 1. The van der Waals surface area contributed by atoms with Gasteiger partial charge in [0.1, 0.15) is 5.75 Å². The largest absolute Gasteiger partial charge is 0.482 e. The summed E-state index contributed by atoms with van der Waals surface area (Å²) in [6.07, 6.45) is 1.08. The molecule has 0 heterocycles. The van der Waals surface area contributed by atoms with Crippen molar-refractivity contribution < 1.29 is 14.6 Å². The van der Waals surface area contributed by atoms with Crippen molar-refractivity contribution >= 4 is 5.97 Å². The summed E-state index contributed by atoms with van der Waals surface area (Å²) in [5, 5.41) is 8.79. The number of benzene rings is 1. The molecule has 3 nitrogen and oxygen atoms in total. The van der Waals surface area contributed by atoms with E-state index in [9.17, 15) is 4.79 Å². The summed E-state index contributed by atoms with van der Waals surface area (Å²) in [5.74, 6) is 0.00809. The summed E-state index contributed by atoms with van der Waals surface area (Å²) in [6.45, 7) is 15.2. The lowest BCUT2D eigenvalue weighted by Gasteiger charge is -2.33. The van der Waals surface area contributed by atoms with E-state index in [1.54, 1.807) is 0 Å². The van der Waals surface area contributed by atoms with Gasteiger partial charge in [-0.2, -0.15) is 0 Å². The molecule has 0 saturated heterocycles. The van der Waals surface area contributed by atoms with E-state index in [0.717, 1.165) is 12.0 Å². The number of aliphatic carboxylic acids is 1. The Morgan fingerprint density at radius 3 is 2.23 bits per heavy atom. The minimum Gasteiger partial charge on any atom is -0.482 e. The summed E-state index contributed by atoms with van der Waals surface area (Å²) < 4.78 is 5.43. The predicted octanol–water partition coefficient (Wildman–Crippen LogP) is 4.99. The number of rotatable bonds is 6. The molecule has 1 rings (SSSR count). The number of carbonyl (C=O) groups is 1. The van der Waals surface area contributed by atoms with Gasteiger partial charge in [-0.1, -0.05) is 60.6 Å². The van der Waals surface area contributed by atoms with Gasteiger partial charge in [-0.15, -0.1) is 0 Å². The highest BCUT2D eigenvalue weighted by Crippen LogP contribution is 2.39. The van der Waals surface area contributed by atoms with Gasteiger partial charge in [-0.3, -0.25) is 0 Å². The van der Waals surface area contributed by atoms with Crippen molar-refractivity contribution in [1.82, 2.24) is 0 Å². The molecule has 0 radical (unpaired) electrons. The molecule has 0 saturated carbocycles. The molecule has 22 heavy (non-hydrogen) atoms. The van der Waals surface area contributed by atoms with Crippen molar-refractivity contribution in [2.24, 2.45) is 5.41 Å². The van der Waals surface area contributed by atoms with Crippen LogP contribution in [0.2, 0.25) is 0 Å². The van der Waals surface area contributed by atoms with Gasteiger partial charge in [-0.25, -0.2) is 4.79 Å². The van der Waals surface area contributed by atoms with E-state index in [4.69, 9.17) is 9.84 Å². The van der Waals surface area contributed by atoms with Crippen LogP contribution in [-0.2, 0) is 10.2 Å². The van der Waals surface area contributed by atoms with Crippen LogP contribution < -0.4 is 4.74 Å². The van der Waals surface area contributed by atoms with Crippen molar-refractivity contribution in [1.29, 1.82) is 0 Å². The quantitative estimate of drug-likeness (QED) is 0.805. The Morgan fingerprint density at radius 2 is 1.77 bits per heavy atom. The molecule has 0 atom stereocenters. The molecule has 0 aromatic heterocycles. The van der Waals surface area contributed by atoms with Gasteiger partial charge in [0.05, 0.1) is 0 Å². The SMILES string of the molecule is CC(C)c1cc(C(C)(C)CC(C)(C)C)ccc1OCC(=O)O. The Morgan fingerprint density at radius 1 is 1.18 bits per heavy atom. The normalized spacial score (nSPS) is 12.5. The van der Waals surface area contributed by atoms with E-state index >= 15 is 0 Å². The summed E-state index contributed by atoms with van der Waals surface area (Å²) in [4.78, 5) is 10.7. The van der Waals surface area contributed by atoms with Gasteiger partial charge in [0.2, 0.25) is 0 Å². The third-order valence-corrected chi connectivity index (χ3v) is 3.74. The summed E-state index contributed by atoms with van der Waals surface area (Å²) in [5.41, 5.74) is 2.65. The predicted molar refractivity (Wildman–Crippen MR) is 90.8 cm³/mol. The Labute approximate surface area is 134 Å². The van der Waals surface area contributed by atoms with Crippen LogP contribution in [0.5, 0.6) is 5.75 Å². The van der Waals surface area contributed by atoms with Crippen molar-refractivity contribution in [3.05, 3.63) is 29.3 Å². The summed E-state index contributed by atoms with van der Waals surface area (Å²) in [7, 11) is 0. The maximum atomic E-state index is 10.7. The zero-order valence-electron chi connectivity index (χ0n) is 15.0. The van der Waals surface area contributed by atoms with Crippen LogP contribution in [0, 0.1) is 5.41 Å². The van der Waals surface area contributed by atoms with Crippen LogP contribution in [0.25, 0.3) is 0 Å². The first-order chi connectivity index (χ1) is 9.92. The Kier molecular flexibility index (Phi) is 5.66. The zero-order chi connectivity index (χ0) is 17.1. The Balaban J connectivity index is 3.14. The molecule has 0 amide bonds. The molecule has 1 aromatic rings. The molecule has 0 aliphatic rings. The fourth-order valence-corrected chi connectivity index (χ4v) is 3.12. The van der Waals surface area contributed by atoms with Crippen LogP contribution in [0.4, 0.5) is 0 Å². The lowest BCUT2D eigenvalue weighted by molar-refractivity contribution is -0.139. The summed E-state index contributed by atoms with van der Waals surface area (Å²) >= 11 is 0. The molecule has 0 aliphatic heterocycles. The Hall–Kier alpha value is -1.51.